The molecule has 0 heterocycles. The van der Waals surface area contributed by atoms with Crippen molar-refractivity contribution in [2.45, 2.75) is 44.2 Å². The summed E-state index contributed by atoms with van der Waals surface area (Å²) >= 11 is 0. The number of ether oxygens (including phenoxy) is 1. The first-order chi connectivity index (χ1) is 8.88. The molecule has 1 atom stereocenters. The SMILES string of the molecule is COc1ccc(CC=CPC2CCCCC2)cc1. The fraction of sp³-hybridized carbons (Fsp3) is 0.500. The Morgan fingerprint density at radius 2 is 1.89 bits per heavy atom. The highest BCUT2D eigenvalue weighted by atomic mass is 31.1. The smallest absolute Gasteiger partial charge is 0.118 e. The van der Waals surface area contributed by atoms with E-state index in [2.05, 4.69) is 24.0 Å². The average molecular weight is 262 g/mol. The molecule has 1 aromatic carbocycles. The lowest BCUT2D eigenvalue weighted by Crippen LogP contribution is -2.05. The maximum absolute atomic E-state index is 5.16. The van der Waals surface area contributed by atoms with Crippen molar-refractivity contribution >= 4 is 8.58 Å². The van der Waals surface area contributed by atoms with Gasteiger partial charge in [-0.25, -0.2) is 0 Å². The first-order valence-corrected chi connectivity index (χ1v) is 8.08. The Balaban J connectivity index is 1.72. The van der Waals surface area contributed by atoms with Crippen molar-refractivity contribution < 1.29 is 4.74 Å². The van der Waals surface area contributed by atoms with Crippen LogP contribution in [0.2, 0.25) is 0 Å². The molecule has 1 nitrogen and oxygen atoms in total. The topological polar surface area (TPSA) is 9.23 Å². The van der Waals surface area contributed by atoms with Gasteiger partial charge in [-0.15, -0.1) is 0 Å². The summed E-state index contributed by atoms with van der Waals surface area (Å²) in [6.45, 7) is 0. The Hall–Kier alpha value is -0.810. The van der Waals surface area contributed by atoms with Gasteiger partial charge in [-0.1, -0.05) is 51.9 Å². The van der Waals surface area contributed by atoms with Gasteiger partial charge in [-0.3, -0.25) is 0 Å². The molecule has 1 saturated carbocycles. The maximum Gasteiger partial charge on any atom is 0.118 e. The van der Waals surface area contributed by atoms with Crippen LogP contribution < -0.4 is 4.74 Å². The lowest BCUT2D eigenvalue weighted by molar-refractivity contribution is 0.414. The minimum atomic E-state index is 0.937. The van der Waals surface area contributed by atoms with Crippen molar-refractivity contribution in [3.05, 3.63) is 41.7 Å². The third kappa shape index (κ3) is 4.46. The molecule has 0 radical (unpaired) electrons. The Bertz CT molecular complexity index is 363. The van der Waals surface area contributed by atoms with Gasteiger partial charge in [0.2, 0.25) is 0 Å². The largest absolute Gasteiger partial charge is 0.497 e. The highest BCUT2D eigenvalue weighted by molar-refractivity contribution is 7.42. The second-order valence-corrected chi connectivity index (χ2v) is 6.44. The Labute approximate surface area is 112 Å². The maximum atomic E-state index is 5.16. The zero-order valence-corrected chi connectivity index (χ0v) is 12.2. The van der Waals surface area contributed by atoms with Gasteiger partial charge in [0, 0.05) is 0 Å². The molecular formula is C16H23OP. The average Bonchev–Trinajstić information content (AvgIpc) is 2.45. The zero-order valence-electron chi connectivity index (χ0n) is 11.2. The van der Waals surface area contributed by atoms with E-state index in [9.17, 15) is 0 Å². The summed E-state index contributed by atoms with van der Waals surface area (Å²) in [6.07, 6.45) is 10.6. The van der Waals surface area contributed by atoms with Crippen LogP contribution >= 0.6 is 8.58 Å². The Morgan fingerprint density at radius 1 is 1.17 bits per heavy atom. The van der Waals surface area contributed by atoms with E-state index in [1.54, 1.807) is 7.11 Å². The van der Waals surface area contributed by atoms with E-state index >= 15 is 0 Å². The number of hydrogen-bond acceptors (Lipinski definition) is 1. The Morgan fingerprint density at radius 3 is 2.56 bits per heavy atom. The van der Waals surface area contributed by atoms with Crippen molar-refractivity contribution in [1.29, 1.82) is 0 Å². The molecular weight excluding hydrogens is 239 g/mol. The molecule has 1 aromatic rings. The van der Waals surface area contributed by atoms with Gasteiger partial charge < -0.3 is 4.74 Å². The normalized spacial score (nSPS) is 17.8. The van der Waals surface area contributed by atoms with E-state index in [0.717, 1.165) is 26.4 Å². The molecule has 1 aliphatic rings. The predicted octanol–water partition coefficient (Wildman–Crippen LogP) is 4.76. The van der Waals surface area contributed by atoms with Crippen LogP contribution in [0.15, 0.2) is 36.2 Å². The summed E-state index contributed by atoms with van der Waals surface area (Å²) in [4.78, 5) is 0. The van der Waals surface area contributed by atoms with E-state index in [1.165, 1.54) is 37.7 Å². The number of allylic oxidation sites excluding steroid dienone is 1. The molecule has 0 saturated heterocycles. The molecule has 0 amide bonds. The van der Waals surface area contributed by atoms with Gasteiger partial charge in [0.05, 0.1) is 7.11 Å². The van der Waals surface area contributed by atoms with Crippen LogP contribution in [0.5, 0.6) is 5.75 Å². The molecule has 2 heteroatoms. The minimum Gasteiger partial charge on any atom is -0.497 e. The first kappa shape index (κ1) is 13.6. The molecule has 0 aromatic heterocycles. The third-order valence-corrected chi connectivity index (χ3v) is 5.04. The monoisotopic (exact) mass is 262 g/mol. The molecule has 98 valence electrons. The number of rotatable bonds is 5. The molecule has 1 unspecified atom stereocenters. The zero-order chi connectivity index (χ0) is 12.6. The van der Waals surface area contributed by atoms with Gasteiger partial charge in [-0.2, -0.15) is 0 Å². The minimum absolute atomic E-state index is 0.937. The van der Waals surface area contributed by atoms with Gasteiger partial charge in [0.1, 0.15) is 5.75 Å². The summed E-state index contributed by atoms with van der Waals surface area (Å²) in [7, 11) is 2.73. The van der Waals surface area contributed by atoms with Crippen molar-refractivity contribution in [1.82, 2.24) is 0 Å². The fourth-order valence-electron chi connectivity index (χ4n) is 2.43. The van der Waals surface area contributed by atoms with Crippen molar-refractivity contribution in [2.24, 2.45) is 0 Å². The van der Waals surface area contributed by atoms with Crippen molar-refractivity contribution in [3.8, 4) is 5.75 Å². The van der Waals surface area contributed by atoms with E-state index in [0.29, 0.717) is 0 Å². The van der Waals surface area contributed by atoms with Gasteiger partial charge in [0.25, 0.3) is 0 Å². The molecule has 2 rings (SSSR count). The lowest BCUT2D eigenvalue weighted by atomic mass is 10.0. The van der Waals surface area contributed by atoms with Crippen molar-refractivity contribution in [2.75, 3.05) is 7.11 Å². The second-order valence-electron chi connectivity index (χ2n) is 4.96. The molecule has 0 N–H and O–H groups in total. The summed E-state index contributed by atoms with van der Waals surface area (Å²) in [5.74, 6) is 3.34. The van der Waals surface area contributed by atoms with Crippen LogP contribution in [0, 0.1) is 0 Å². The highest BCUT2D eigenvalue weighted by Crippen LogP contribution is 2.33. The van der Waals surface area contributed by atoms with Crippen LogP contribution in [-0.2, 0) is 6.42 Å². The summed E-state index contributed by atoms with van der Waals surface area (Å²) in [5.41, 5.74) is 2.34. The molecule has 0 aliphatic heterocycles. The Kier molecular flexibility index (Phi) is 5.74. The number of methoxy groups -OCH3 is 1. The standard InChI is InChI=1S/C16H23OP/c1-17-15-11-9-14(10-12-15)6-5-13-18-16-7-3-2-4-8-16/h5,9-13,16,18H,2-4,6-8H2,1H3. The summed E-state index contributed by atoms with van der Waals surface area (Å²) in [5, 5.41) is 0. The van der Waals surface area contributed by atoms with Crippen LogP contribution in [0.4, 0.5) is 0 Å². The van der Waals surface area contributed by atoms with Crippen LogP contribution in [0.25, 0.3) is 0 Å². The summed E-state index contributed by atoms with van der Waals surface area (Å²) < 4.78 is 5.16. The molecule has 1 fully saturated rings. The second kappa shape index (κ2) is 7.59. The van der Waals surface area contributed by atoms with Crippen LogP contribution in [0.3, 0.4) is 0 Å². The molecule has 18 heavy (non-hydrogen) atoms. The van der Waals surface area contributed by atoms with Gasteiger partial charge in [-0.05, 0) is 42.6 Å². The summed E-state index contributed by atoms with van der Waals surface area (Å²) in [6, 6.07) is 8.36. The number of benzene rings is 1. The highest BCUT2D eigenvalue weighted by Gasteiger charge is 2.10. The predicted molar refractivity (Wildman–Crippen MR) is 81.0 cm³/mol. The lowest BCUT2D eigenvalue weighted by Gasteiger charge is -2.19. The van der Waals surface area contributed by atoms with Gasteiger partial charge in [0.15, 0.2) is 0 Å². The van der Waals surface area contributed by atoms with E-state index in [4.69, 9.17) is 4.74 Å². The van der Waals surface area contributed by atoms with E-state index < -0.39 is 0 Å². The number of hydrogen-bond donors (Lipinski definition) is 0. The quantitative estimate of drug-likeness (QED) is 0.695. The van der Waals surface area contributed by atoms with Crippen LogP contribution in [-0.4, -0.2) is 12.8 Å². The van der Waals surface area contributed by atoms with Crippen molar-refractivity contribution in [3.63, 3.8) is 0 Å². The third-order valence-electron chi connectivity index (χ3n) is 3.57. The van der Waals surface area contributed by atoms with E-state index in [-0.39, 0.29) is 0 Å². The molecule has 1 aliphatic carbocycles. The van der Waals surface area contributed by atoms with E-state index in [1.807, 2.05) is 12.1 Å². The van der Waals surface area contributed by atoms with Crippen LogP contribution in [0.1, 0.15) is 37.7 Å². The molecule has 0 spiro atoms. The van der Waals surface area contributed by atoms with Gasteiger partial charge >= 0.3 is 0 Å². The molecule has 0 bridgehead atoms. The fourth-order valence-corrected chi connectivity index (χ4v) is 3.70. The first-order valence-electron chi connectivity index (χ1n) is 6.92.